The van der Waals surface area contributed by atoms with Crippen LogP contribution in [0.4, 0.5) is 0 Å². The highest BCUT2D eigenvalue weighted by atomic mass is 16.5. The molecule has 1 saturated heterocycles. The van der Waals surface area contributed by atoms with E-state index >= 15 is 0 Å². The second kappa shape index (κ2) is 6.01. The summed E-state index contributed by atoms with van der Waals surface area (Å²) in [6.07, 6.45) is 2.26. The number of aliphatic hydroxyl groups excluding tert-OH is 1. The molecule has 2 aliphatic rings. The third kappa shape index (κ3) is 2.48. The SMILES string of the molecule is CO[C@@]12CC[C@H](O)C[C@@H]1N(C(=O)c1c(C)cc(C)n(C)c1=O)CC2. The number of methoxy groups -OCH3 is 1. The van der Waals surface area contributed by atoms with Crippen LogP contribution in [0.25, 0.3) is 0 Å². The van der Waals surface area contributed by atoms with Gasteiger partial charge in [-0.1, -0.05) is 0 Å². The summed E-state index contributed by atoms with van der Waals surface area (Å²) in [5.74, 6) is -0.244. The summed E-state index contributed by atoms with van der Waals surface area (Å²) in [5, 5.41) is 10.1. The van der Waals surface area contributed by atoms with Crippen molar-refractivity contribution >= 4 is 5.91 Å². The molecule has 3 rings (SSSR count). The van der Waals surface area contributed by atoms with E-state index in [0.717, 1.165) is 18.5 Å². The molecule has 6 heteroatoms. The number of carbonyl (C=O) groups is 1. The zero-order chi connectivity index (χ0) is 17.6. The Morgan fingerprint density at radius 1 is 1.38 bits per heavy atom. The summed E-state index contributed by atoms with van der Waals surface area (Å²) in [4.78, 5) is 27.5. The lowest BCUT2D eigenvalue weighted by Gasteiger charge is -2.42. The van der Waals surface area contributed by atoms with Crippen LogP contribution in [-0.2, 0) is 11.8 Å². The number of aliphatic hydroxyl groups is 1. The number of hydrogen-bond acceptors (Lipinski definition) is 4. The molecule has 0 bridgehead atoms. The molecule has 1 N–H and O–H groups in total. The van der Waals surface area contributed by atoms with Crippen LogP contribution in [0.2, 0.25) is 0 Å². The summed E-state index contributed by atoms with van der Waals surface area (Å²) in [5.41, 5.74) is 1.11. The molecule has 1 aromatic rings. The zero-order valence-electron chi connectivity index (χ0n) is 14.8. The van der Waals surface area contributed by atoms with E-state index < -0.39 is 11.7 Å². The van der Waals surface area contributed by atoms with Crippen molar-refractivity contribution in [2.75, 3.05) is 13.7 Å². The summed E-state index contributed by atoms with van der Waals surface area (Å²) in [6.45, 7) is 4.21. The lowest BCUT2D eigenvalue weighted by molar-refractivity contribution is -0.0824. The molecule has 2 heterocycles. The molecule has 1 aliphatic heterocycles. The topological polar surface area (TPSA) is 71.8 Å². The summed E-state index contributed by atoms with van der Waals surface area (Å²) >= 11 is 0. The molecule has 1 aromatic heterocycles. The summed E-state index contributed by atoms with van der Waals surface area (Å²) < 4.78 is 7.29. The molecular formula is C18H26N2O4. The van der Waals surface area contributed by atoms with Gasteiger partial charge in [-0.25, -0.2) is 0 Å². The molecule has 2 fully saturated rings. The maximum atomic E-state index is 13.1. The van der Waals surface area contributed by atoms with Crippen molar-refractivity contribution in [3.8, 4) is 0 Å². The Morgan fingerprint density at radius 2 is 2.08 bits per heavy atom. The first-order chi connectivity index (χ1) is 11.3. The number of carbonyl (C=O) groups excluding carboxylic acids is 1. The number of fused-ring (bicyclic) bond motifs is 1. The summed E-state index contributed by atoms with van der Waals surface area (Å²) in [6, 6.07) is 1.69. The predicted octanol–water partition coefficient (Wildman–Crippen LogP) is 1.15. The normalized spacial score (nSPS) is 29.6. The van der Waals surface area contributed by atoms with Crippen molar-refractivity contribution in [3.05, 3.63) is 33.2 Å². The van der Waals surface area contributed by atoms with Gasteiger partial charge in [0.2, 0.25) is 0 Å². The molecular weight excluding hydrogens is 308 g/mol. The van der Waals surface area contributed by atoms with Crippen molar-refractivity contribution in [1.82, 2.24) is 9.47 Å². The van der Waals surface area contributed by atoms with Gasteiger partial charge in [0.15, 0.2) is 0 Å². The van der Waals surface area contributed by atoms with E-state index in [-0.39, 0.29) is 23.1 Å². The van der Waals surface area contributed by atoms with Gasteiger partial charge in [-0.15, -0.1) is 0 Å². The number of amides is 1. The molecule has 0 spiro atoms. The number of likely N-dealkylation sites (tertiary alicyclic amines) is 1. The van der Waals surface area contributed by atoms with E-state index in [1.165, 1.54) is 4.57 Å². The minimum atomic E-state index is -0.423. The van der Waals surface area contributed by atoms with Crippen LogP contribution in [0, 0.1) is 13.8 Å². The van der Waals surface area contributed by atoms with Gasteiger partial charge < -0.3 is 19.3 Å². The van der Waals surface area contributed by atoms with Crippen LogP contribution in [0.5, 0.6) is 0 Å². The van der Waals surface area contributed by atoms with Gasteiger partial charge in [0.25, 0.3) is 11.5 Å². The maximum Gasteiger partial charge on any atom is 0.263 e. The number of hydrogen-bond donors (Lipinski definition) is 1. The highest BCUT2D eigenvalue weighted by Gasteiger charge is 2.52. The van der Waals surface area contributed by atoms with E-state index in [9.17, 15) is 14.7 Å². The van der Waals surface area contributed by atoms with E-state index in [4.69, 9.17) is 4.74 Å². The van der Waals surface area contributed by atoms with Gasteiger partial charge in [0.1, 0.15) is 5.56 Å². The molecule has 0 aromatic carbocycles. The smallest absolute Gasteiger partial charge is 0.263 e. The molecule has 132 valence electrons. The maximum absolute atomic E-state index is 13.1. The number of pyridine rings is 1. The van der Waals surface area contributed by atoms with Gasteiger partial charge >= 0.3 is 0 Å². The monoisotopic (exact) mass is 334 g/mol. The second-order valence-electron chi connectivity index (χ2n) is 7.17. The molecule has 24 heavy (non-hydrogen) atoms. The second-order valence-corrected chi connectivity index (χ2v) is 7.17. The van der Waals surface area contributed by atoms with Gasteiger partial charge in [0, 0.05) is 26.4 Å². The van der Waals surface area contributed by atoms with Crippen molar-refractivity contribution in [2.24, 2.45) is 7.05 Å². The minimum Gasteiger partial charge on any atom is -0.393 e. The van der Waals surface area contributed by atoms with E-state index in [1.54, 1.807) is 26.0 Å². The largest absolute Gasteiger partial charge is 0.393 e. The van der Waals surface area contributed by atoms with E-state index in [1.807, 2.05) is 13.0 Å². The van der Waals surface area contributed by atoms with Crippen LogP contribution in [0.3, 0.4) is 0 Å². The quantitative estimate of drug-likeness (QED) is 0.881. The average Bonchev–Trinajstić information content (AvgIpc) is 2.92. The van der Waals surface area contributed by atoms with E-state index in [2.05, 4.69) is 0 Å². The molecule has 3 atom stereocenters. The standard InChI is InChI=1S/C18H26N2O4/c1-11-9-12(2)19(3)16(22)15(11)17(23)20-8-7-18(24-4)6-5-13(21)10-14(18)20/h9,13-14,21H,5-8,10H2,1-4H3/t13-,14-,18+/m0/s1. The Morgan fingerprint density at radius 3 is 2.75 bits per heavy atom. The Labute approximate surface area is 142 Å². The fourth-order valence-corrected chi connectivity index (χ4v) is 4.30. The Bertz CT molecular complexity index is 726. The van der Waals surface area contributed by atoms with Crippen molar-refractivity contribution < 1.29 is 14.6 Å². The number of rotatable bonds is 2. The van der Waals surface area contributed by atoms with Crippen LogP contribution in [0.1, 0.15) is 47.3 Å². The Balaban J connectivity index is 2.00. The zero-order valence-corrected chi connectivity index (χ0v) is 14.8. The number of ether oxygens (including phenoxy) is 1. The number of aromatic nitrogens is 1. The minimum absolute atomic E-state index is 0.177. The first kappa shape index (κ1) is 17.2. The average molecular weight is 334 g/mol. The molecule has 6 nitrogen and oxygen atoms in total. The third-order valence-corrected chi connectivity index (χ3v) is 5.90. The lowest BCUT2D eigenvalue weighted by atomic mass is 9.79. The van der Waals surface area contributed by atoms with Gasteiger partial charge in [-0.05, 0) is 51.2 Å². The highest BCUT2D eigenvalue weighted by molar-refractivity contribution is 5.95. The van der Waals surface area contributed by atoms with Crippen molar-refractivity contribution in [3.63, 3.8) is 0 Å². The Hall–Kier alpha value is -1.66. The van der Waals surface area contributed by atoms with Crippen LogP contribution in [0.15, 0.2) is 10.9 Å². The lowest BCUT2D eigenvalue weighted by Crippen LogP contribution is -2.53. The van der Waals surface area contributed by atoms with Crippen LogP contribution < -0.4 is 5.56 Å². The molecule has 1 aliphatic carbocycles. The first-order valence-electron chi connectivity index (χ1n) is 8.52. The van der Waals surface area contributed by atoms with Gasteiger partial charge in [-0.2, -0.15) is 0 Å². The predicted molar refractivity (Wildman–Crippen MR) is 90.2 cm³/mol. The summed E-state index contributed by atoms with van der Waals surface area (Å²) in [7, 11) is 3.36. The van der Waals surface area contributed by atoms with Gasteiger partial charge in [0.05, 0.1) is 17.7 Å². The van der Waals surface area contributed by atoms with E-state index in [0.29, 0.717) is 24.9 Å². The highest BCUT2D eigenvalue weighted by Crippen LogP contribution is 2.42. The van der Waals surface area contributed by atoms with Crippen molar-refractivity contribution in [2.45, 2.75) is 57.3 Å². The molecule has 1 amide bonds. The fraction of sp³-hybridized carbons (Fsp3) is 0.667. The third-order valence-electron chi connectivity index (χ3n) is 5.90. The first-order valence-corrected chi connectivity index (χ1v) is 8.52. The number of nitrogens with zero attached hydrogens (tertiary/aromatic N) is 2. The molecule has 0 unspecified atom stereocenters. The van der Waals surface area contributed by atoms with Crippen LogP contribution >= 0.6 is 0 Å². The molecule has 0 radical (unpaired) electrons. The van der Waals surface area contributed by atoms with Crippen molar-refractivity contribution in [1.29, 1.82) is 0 Å². The van der Waals surface area contributed by atoms with Crippen LogP contribution in [-0.4, -0.2) is 51.9 Å². The number of aryl methyl sites for hydroxylation is 2. The fourth-order valence-electron chi connectivity index (χ4n) is 4.30. The Kier molecular flexibility index (Phi) is 4.30. The molecule has 1 saturated carbocycles. The van der Waals surface area contributed by atoms with Gasteiger partial charge in [-0.3, -0.25) is 9.59 Å².